The predicted octanol–water partition coefficient (Wildman–Crippen LogP) is 4.43. The van der Waals surface area contributed by atoms with Gasteiger partial charge in [-0.1, -0.05) is 25.1 Å². The van der Waals surface area contributed by atoms with E-state index in [1.54, 1.807) is 13.2 Å². The van der Waals surface area contributed by atoms with Crippen LogP contribution in [-0.2, 0) is 9.53 Å². The Morgan fingerprint density at radius 3 is 2.73 bits per heavy atom. The largest absolute Gasteiger partial charge is 0.493 e. The Morgan fingerprint density at radius 1 is 1.19 bits per heavy atom. The lowest BCUT2D eigenvalue weighted by Gasteiger charge is -2.10. The van der Waals surface area contributed by atoms with Crippen LogP contribution in [0, 0.1) is 3.57 Å². The van der Waals surface area contributed by atoms with Crippen molar-refractivity contribution >= 4 is 40.5 Å². The van der Waals surface area contributed by atoms with Crippen molar-refractivity contribution < 1.29 is 19.0 Å². The molecule has 134 valence electrons. The van der Waals surface area contributed by atoms with Gasteiger partial charge in [0.25, 0.3) is 0 Å². The molecule has 6 heteroatoms. The minimum absolute atomic E-state index is 0.254. The van der Waals surface area contributed by atoms with Crippen molar-refractivity contribution in [3.8, 4) is 11.5 Å². The molecule has 2 aromatic rings. The van der Waals surface area contributed by atoms with E-state index < -0.39 is 5.97 Å². The summed E-state index contributed by atoms with van der Waals surface area (Å²) in [5, 5.41) is 0. The highest BCUT2D eigenvalue weighted by Gasteiger charge is 2.25. The van der Waals surface area contributed by atoms with Crippen LogP contribution in [0.4, 0.5) is 0 Å². The van der Waals surface area contributed by atoms with Crippen LogP contribution in [0.15, 0.2) is 53.2 Å². The number of halogens is 1. The molecule has 0 spiro atoms. The molecule has 0 atom stereocenters. The summed E-state index contributed by atoms with van der Waals surface area (Å²) in [7, 11) is 1.59. The van der Waals surface area contributed by atoms with Gasteiger partial charge in [0.1, 0.15) is 0 Å². The maximum absolute atomic E-state index is 12.2. The van der Waals surface area contributed by atoms with E-state index >= 15 is 0 Å². The van der Waals surface area contributed by atoms with E-state index in [-0.39, 0.29) is 5.70 Å². The monoisotopic (exact) mass is 463 g/mol. The van der Waals surface area contributed by atoms with Crippen molar-refractivity contribution in [2.24, 2.45) is 4.99 Å². The summed E-state index contributed by atoms with van der Waals surface area (Å²) < 4.78 is 17.3. The Balaban J connectivity index is 1.89. The Kier molecular flexibility index (Phi) is 5.92. The van der Waals surface area contributed by atoms with E-state index in [0.717, 1.165) is 21.1 Å². The van der Waals surface area contributed by atoms with Crippen molar-refractivity contribution in [1.29, 1.82) is 0 Å². The van der Waals surface area contributed by atoms with Gasteiger partial charge < -0.3 is 14.2 Å². The average Bonchev–Trinajstić information content (AvgIpc) is 3.01. The molecule has 1 aliphatic heterocycles. The number of carbonyl (C=O) groups is 1. The van der Waals surface area contributed by atoms with Crippen molar-refractivity contribution in [1.82, 2.24) is 0 Å². The van der Waals surface area contributed by atoms with E-state index in [1.165, 1.54) is 0 Å². The number of carbonyl (C=O) groups excluding carboxylic acids is 1. The molecule has 2 aromatic carbocycles. The van der Waals surface area contributed by atoms with Crippen LogP contribution < -0.4 is 9.47 Å². The quantitative estimate of drug-likeness (QED) is 0.361. The minimum atomic E-state index is -0.468. The molecular formula is C20H18INO4. The summed E-state index contributed by atoms with van der Waals surface area (Å²) in [6.07, 6.45) is 2.59. The highest BCUT2D eigenvalue weighted by atomic mass is 127. The Morgan fingerprint density at radius 2 is 2.00 bits per heavy atom. The number of rotatable bonds is 6. The summed E-state index contributed by atoms with van der Waals surface area (Å²) >= 11 is 2.19. The highest BCUT2D eigenvalue weighted by molar-refractivity contribution is 14.1. The van der Waals surface area contributed by atoms with Crippen LogP contribution in [-0.4, -0.2) is 25.6 Å². The van der Waals surface area contributed by atoms with E-state index in [0.29, 0.717) is 24.0 Å². The molecule has 0 radical (unpaired) electrons. The minimum Gasteiger partial charge on any atom is -0.493 e. The summed E-state index contributed by atoms with van der Waals surface area (Å²) in [6.45, 7) is 2.66. The number of hydrogen-bond donors (Lipinski definition) is 0. The van der Waals surface area contributed by atoms with Crippen molar-refractivity contribution in [2.45, 2.75) is 13.3 Å². The Hall–Kier alpha value is -2.35. The summed E-state index contributed by atoms with van der Waals surface area (Å²) in [4.78, 5) is 16.5. The Labute approximate surface area is 165 Å². The predicted molar refractivity (Wildman–Crippen MR) is 109 cm³/mol. The normalized spacial score (nSPS) is 15.0. The smallest absolute Gasteiger partial charge is 0.363 e. The fraction of sp³-hybridized carbons (Fsp3) is 0.200. The molecule has 0 fully saturated rings. The third-order valence-electron chi connectivity index (χ3n) is 3.68. The summed E-state index contributed by atoms with van der Waals surface area (Å²) in [5.74, 6) is 1.14. The van der Waals surface area contributed by atoms with Gasteiger partial charge in [-0.2, -0.15) is 0 Å². The first-order chi connectivity index (χ1) is 12.6. The van der Waals surface area contributed by atoms with Crippen LogP contribution in [0.3, 0.4) is 0 Å². The number of hydrogen-bond acceptors (Lipinski definition) is 5. The summed E-state index contributed by atoms with van der Waals surface area (Å²) in [6, 6.07) is 13.1. The zero-order chi connectivity index (χ0) is 18.5. The van der Waals surface area contributed by atoms with Gasteiger partial charge in [0.2, 0.25) is 5.90 Å². The first-order valence-electron chi connectivity index (χ1n) is 8.20. The van der Waals surface area contributed by atoms with E-state index in [9.17, 15) is 4.79 Å². The second-order valence-corrected chi connectivity index (χ2v) is 6.74. The fourth-order valence-electron chi connectivity index (χ4n) is 2.42. The van der Waals surface area contributed by atoms with E-state index in [1.807, 2.05) is 49.4 Å². The maximum Gasteiger partial charge on any atom is 0.363 e. The van der Waals surface area contributed by atoms with E-state index in [2.05, 4.69) is 27.6 Å². The number of nitrogens with zero attached hydrogens (tertiary/aromatic N) is 1. The number of ether oxygens (including phenoxy) is 3. The van der Waals surface area contributed by atoms with Crippen molar-refractivity contribution in [2.75, 3.05) is 13.7 Å². The van der Waals surface area contributed by atoms with Gasteiger partial charge in [-0.25, -0.2) is 9.79 Å². The molecule has 0 amide bonds. The molecular weight excluding hydrogens is 445 g/mol. The maximum atomic E-state index is 12.2. The number of aliphatic imine (C=N–C) groups is 1. The molecule has 0 saturated heterocycles. The zero-order valence-corrected chi connectivity index (χ0v) is 16.6. The SMILES string of the molecule is CCCOc1ccc(/C=C2/N=C(c3ccccc3I)OC2=O)cc1OC. The molecule has 3 rings (SSSR count). The second-order valence-electron chi connectivity index (χ2n) is 5.57. The van der Waals surface area contributed by atoms with Crippen LogP contribution in [0.1, 0.15) is 24.5 Å². The summed E-state index contributed by atoms with van der Waals surface area (Å²) in [5.41, 5.74) is 1.83. The molecule has 5 nitrogen and oxygen atoms in total. The molecule has 0 unspecified atom stereocenters. The lowest BCUT2D eigenvalue weighted by Crippen LogP contribution is -2.06. The highest BCUT2D eigenvalue weighted by Crippen LogP contribution is 2.30. The van der Waals surface area contributed by atoms with Crippen molar-refractivity contribution in [3.63, 3.8) is 0 Å². The molecule has 1 aliphatic rings. The van der Waals surface area contributed by atoms with Crippen LogP contribution in [0.5, 0.6) is 11.5 Å². The Bertz CT molecular complexity index is 889. The number of benzene rings is 2. The van der Waals surface area contributed by atoms with Crippen molar-refractivity contribution in [3.05, 3.63) is 62.9 Å². The first-order valence-corrected chi connectivity index (χ1v) is 9.28. The molecule has 0 bridgehead atoms. The van der Waals surface area contributed by atoms with Gasteiger partial charge in [0, 0.05) is 3.57 Å². The first kappa shape index (κ1) is 18.4. The van der Waals surface area contributed by atoms with Gasteiger partial charge in [-0.05, 0) is 64.9 Å². The molecule has 0 aromatic heterocycles. The molecule has 0 N–H and O–H groups in total. The molecule has 1 heterocycles. The van der Waals surface area contributed by atoms with E-state index in [4.69, 9.17) is 14.2 Å². The average molecular weight is 463 g/mol. The topological polar surface area (TPSA) is 57.1 Å². The van der Waals surface area contributed by atoms with Gasteiger partial charge in [-0.3, -0.25) is 0 Å². The van der Waals surface area contributed by atoms with Crippen LogP contribution in [0.2, 0.25) is 0 Å². The van der Waals surface area contributed by atoms with Crippen LogP contribution in [0.25, 0.3) is 6.08 Å². The zero-order valence-electron chi connectivity index (χ0n) is 14.5. The molecule has 0 saturated carbocycles. The van der Waals surface area contributed by atoms with Gasteiger partial charge >= 0.3 is 5.97 Å². The lowest BCUT2D eigenvalue weighted by atomic mass is 10.1. The number of methoxy groups -OCH3 is 1. The molecule has 26 heavy (non-hydrogen) atoms. The lowest BCUT2D eigenvalue weighted by molar-refractivity contribution is -0.129. The van der Waals surface area contributed by atoms with Gasteiger partial charge in [0.05, 0.1) is 19.3 Å². The fourth-order valence-corrected chi connectivity index (χ4v) is 3.04. The standard InChI is InChI=1S/C20H18INO4/c1-3-10-25-17-9-8-13(12-18(17)24-2)11-16-20(23)26-19(22-16)14-6-4-5-7-15(14)21/h4-9,11-12H,3,10H2,1-2H3/b16-11+. The second kappa shape index (κ2) is 8.35. The third kappa shape index (κ3) is 4.07. The number of cyclic esters (lactones) is 1. The van der Waals surface area contributed by atoms with Gasteiger partial charge in [-0.15, -0.1) is 0 Å². The third-order valence-corrected chi connectivity index (χ3v) is 4.62. The van der Waals surface area contributed by atoms with Crippen LogP contribution >= 0.6 is 22.6 Å². The molecule has 0 aliphatic carbocycles. The van der Waals surface area contributed by atoms with Gasteiger partial charge in [0.15, 0.2) is 17.2 Å². The number of esters is 1.